The van der Waals surface area contributed by atoms with Gasteiger partial charge in [-0.2, -0.15) is 5.10 Å². The van der Waals surface area contributed by atoms with E-state index in [1.807, 2.05) is 25.1 Å². The van der Waals surface area contributed by atoms with Gasteiger partial charge in [-0.1, -0.05) is 18.2 Å². The summed E-state index contributed by atoms with van der Waals surface area (Å²) in [5, 5.41) is 10.1. The molecule has 0 spiro atoms. The van der Waals surface area contributed by atoms with Gasteiger partial charge in [0, 0.05) is 15.7 Å². The van der Waals surface area contributed by atoms with Gasteiger partial charge in [-0.15, -0.1) is 5.10 Å². The van der Waals surface area contributed by atoms with Crippen LogP contribution in [0.2, 0.25) is 0 Å². The van der Waals surface area contributed by atoms with Crippen molar-refractivity contribution < 1.29 is 14.3 Å². The van der Waals surface area contributed by atoms with Crippen LogP contribution in [0, 0.1) is 0 Å². The van der Waals surface area contributed by atoms with Crippen LogP contribution in [0.1, 0.15) is 12.5 Å². The number of nitrogens with zero attached hydrogens (tertiary/aromatic N) is 2. The lowest BCUT2D eigenvalue weighted by Crippen LogP contribution is -2.21. The van der Waals surface area contributed by atoms with Gasteiger partial charge in [0.2, 0.25) is 5.96 Å². The van der Waals surface area contributed by atoms with Crippen molar-refractivity contribution in [2.24, 2.45) is 21.7 Å². The Hall–Kier alpha value is -3.07. The summed E-state index contributed by atoms with van der Waals surface area (Å²) in [5.74, 6) is 0.472. The number of anilines is 1. The Morgan fingerprint density at radius 1 is 1.19 bits per heavy atom. The van der Waals surface area contributed by atoms with Gasteiger partial charge in [-0.3, -0.25) is 4.79 Å². The summed E-state index contributed by atoms with van der Waals surface area (Å²) in [6.07, 6.45) is 1.47. The molecule has 2 rings (SSSR count). The van der Waals surface area contributed by atoms with Crippen molar-refractivity contribution in [3.8, 4) is 11.5 Å². The van der Waals surface area contributed by atoms with E-state index in [1.165, 1.54) is 6.21 Å². The van der Waals surface area contributed by atoms with Gasteiger partial charge in [0.25, 0.3) is 5.91 Å². The van der Waals surface area contributed by atoms with Crippen LogP contribution in [0.3, 0.4) is 0 Å². The van der Waals surface area contributed by atoms with E-state index in [0.717, 1.165) is 0 Å². The highest BCUT2D eigenvalue weighted by Crippen LogP contribution is 2.33. The van der Waals surface area contributed by atoms with E-state index in [1.54, 1.807) is 24.3 Å². The van der Waals surface area contributed by atoms with Crippen molar-refractivity contribution >= 4 is 39.7 Å². The Balaban J connectivity index is 2.10. The highest BCUT2D eigenvalue weighted by Gasteiger charge is 2.12. The summed E-state index contributed by atoms with van der Waals surface area (Å²) in [7, 11) is 0. The van der Waals surface area contributed by atoms with Crippen LogP contribution in [0.25, 0.3) is 0 Å². The molecule has 0 radical (unpaired) electrons. The fraction of sp³-hybridized carbons (Fsp3) is 0.167. The summed E-state index contributed by atoms with van der Waals surface area (Å²) >= 11 is 3.42. The summed E-state index contributed by atoms with van der Waals surface area (Å²) in [6.45, 7) is 2.11. The van der Waals surface area contributed by atoms with Crippen LogP contribution in [0.5, 0.6) is 11.5 Å². The lowest BCUT2D eigenvalue weighted by molar-refractivity contribution is -0.118. The van der Waals surface area contributed by atoms with E-state index in [2.05, 4.69) is 31.4 Å². The molecule has 2 aromatic carbocycles. The number of carbonyl (C=O) groups excluding carboxylic acids is 1. The summed E-state index contributed by atoms with van der Waals surface area (Å²) < 4.78 is 11.9. The molecule has 5 N–H and O–H groups in total. The monoisotopic (exact) mass is 433 g/mol. The SMILES string of the molecule is CCOc1cc(C=NN=C(N)N)c(Br)cc1OCC(=O)Nc1ccccc1. The van der Waals surface area contributed by atoms with E-state index >= 15 is 0 Å². The van der Waals surface area contributed by atoms with Gasteiger partial charge in [0.15, 0.2) is 18.1 Å². The second-order valence-electron chi connectivity index (χ2n) is 5.23. The predicted octanol–water partition coefficient (Wildman–Crippen LogP) is 2.47. The second-order valence-corrected chi connectivity index (χ2v) is 6.08. The van der Waals surface area contributed by atoms with Gasteiger partial charge < -0.3 is 26.3 Å². The van der Waals surface area contributed by atoms with Crippen molar-refractivity contribution in [2.45, 2.75) is 6.92 Å². The molecule has 0 aromatic heterocycles. The van der Waals surface area contributed by atoms with Gasteiger partial charge >= 0.3 is 0 Å². The number of ether oxygens (including phenoxy) is 2. The average Bonchev–Trinajstić information content (AvgIpc) is 2.63. The smallest absolute Gasteiger partial charge is 0.262 e. The number of carbonyl (C=O) groups is 1. The molecule has 0 aliphatic rings. The van der Waals surface area contributed by atoms with Crippen LogP contribution < -0.4 is 26.3 Å². The minimum Gasteiger partial charge on any atom is -0.490 e. The van der Waals surface area contributed by atoms with E-state index in [-0.39, 0.29) is 18.5 Å². The highest BCUT2D eigenvalue weighted by molar-refractivity contribution is 9.10. The molecule has 9 heteroatoms. The maximum Gasteiger partial charge on any atom is 0.262 e. The minimum absolute atomic E-state index is 0.142. The third kappa shape index (κ3) is 6.63. The maximum atomic E-state index is 12.1. The number of nitrogens with one attached hydrogen (secondary N) is 1. The molecule has 0 atom stereocenters. The van der Waals surface area contributed by atoms with Crippen molar-refractivity contribution in [3.05, 3.63) is 52.5 Å². The number of hydrogen-bond acceptors (Lipinski definition) is 5. The van der Waals surface area contributed by atoms with Crippen LogP contribution in [0.15, 0.2) is 57.1 Å². The maximum absolute atomic E-state index is 12.1. The highest BCUT2D eigenvalue weighted by atomic mass is 79.9. The van der Waals surface area contributed by atoms with Gasteiger partial charge in [-0.25, -0.2) is 0 Å². The molecule has 0 aliphatic heterocycles. The van der Waals surface area contributed by atoms with Crippen LogP contribution in [-0.2, 0) is 4.79 Å². The first-order valence-electron chi connectivity index (χ1n) is 8.05. The molecule has 0 saturated carbocycles. The van der Waals surface area contributed by atoms with Crippen LogP contribution >= 0.6 is 15.9 Å². The number of benzene rings is 2. The van der Waals surface area contributed by atoms with Gasteiger partial charge in [-0.05, 0) is 47.1 Å². The Morgan fingerprint density at radius 2 is 1.89 bits per heavy atom. The number of nitrogens with two attached hydrogens (primary N) is 2. The summed E-state index contributed by atoms with van der Waals surface area (Å²) in [6, 6.07) is 12.5. The lowest BCUT2D eigenvalue weighted by Gasteiger charge is -2.13. The molecule has 0 saturated heterocycles. The minimum atomic E-state index is -0.279. The largest absolute Gasteiger partial charge is 0.490 e. The Labute approximate surface area is 165 Å². The summed E-state index contributed by atoms with van der Waals surface area (Å²) in [4.78, 5) is 12.1. The molecule has 1 amide bonds. The standard InChI is InChI=1S/C18H20BrN5O3/c1-2-26-15-8-12(10-22-24-18(20)21)14(19)9-16(15)27-11-17(25)23-13-6-4-3-5-7-13/h3-10H,2,11H2,1H3,(H,23,25)(H4,20,21,24). The fourth-order valence-electron chi connectivity index (χ4n) is 2.05. The first-order valence-corrected chi connectivity index (χ1v) is 8.85. The van der Waals surface area contributed by atoms with E-state index < -0.39 is 0 Å². The Morgan fingerprint density at radius 3 is 2.56 bits per heavy atom. The van der Waals surface area contributed by atoms with Crippen molar-refractivity contribution in [1.29, 1.82) is 0 Å². The number of rotatable bonds is 8. The zero-order chi connectivity index (χ0) is 19.6. The number of para-hydroxylation sites is 1. The Kier molecular flexibility index (Phi) is 7.63. The Bertz CT molecular complexity index is 836. The van der Waals surface area contributed by atoms with Crippen LogP contribution in [0.4, 0.5) is 5.69 Å². The molecule has 142 valence electrons. The van der Waals surface area contributed by atoms with Crippen molar-refractivity contribution in [2.75, 3.05) is 18.5 Å². The van der Waals surface area contributed by atoms with Gasteiger partial charge in [0.05, 0.1) is 12.8 Å². The van der Waals surface area contributed by atoms with E-state index in [0.29, 0.717) is 33.8 Å². The van der Waals surface area contributed by atoms with E-state index in [4.69, 9.17) is 20.9 Å². The van der Waals surface area contributed by atoms with Crippen molar-refractivity contribution in [3.63, 3.8) is 0 Å². The predicted molar refractivity (Wildman–Crippen MR) is 109 cm³/mol. The molecule has 8 nitrogen and oxygen atoms in total. The quantitative estimate of drug-likeness (QED) is 0.335. The molecular formula is C18H20BrN5O3. The number of guanidine groups is 1. The molecule has 0 heterocycles. The van der Waals surface area contributed by atoms with Crippen LogP contribution in [-0.4, -0.2) is 31.3 Å². The molecule has 0 unspecified atom stereocenters. The first-order chi connectivity index (χ1) is 13.0. The third-order valence-corrected chi connectivity index (χ3v) is 3.84. The molecule has 0 fully saturated rings. The first kappa shape index (κ1) is 20.2. The molecule has 2 aromatic rings. The molecule has 0 aliphatic carbocycles. The number of halogens is 1. The second kappa shape index (κ2) is 10.2. The van der Waals surface area contributed by atoms with Gasteiger partial charge in [0.1, 0.15) is 0 Å². The normalized spacial score (nSPS) is 10.4. The van der Waals surface area contributed by atoms with E-state index in [9.17, 15) is 4.79 Å². The molecule has 0 bridgehead atoms. The average molecular weight is 434 g/mol. The molecular weight excluding hydrogens is 414 g/mol. The molecule has 27 heavy (non-hydrogen) atoms. The topological polar surface area (TPSA) is 124 Å². The zero-order valence-corrected chi connectivity index (χ0v) is 16.3. The lowest BCUT2D eigenvalue weighted by atomic mass is 10.2. The zero-order valence-electron chi connectivity index (χ0n) is 14.7. The fourth-order valence-corrected chi connectivity index (χ4v) is 2.48. The number of hydrogen-bond donors (Lipinski definition) is 3. The number of amides is 1. The summed E-state index contributed by atoms with van der Waals surface area (Å²) in [5.41, 5.74) is 11.9. The third-order valence-electron chi connectivity index (χ3n) is 3.15. The van der Waals surface area contributed by atoms with Crippen molar-refractivity contribution in [1.82, 2.24) is 0 Å².